The van der Waals surface area contributed by atoms with Gasteiger partial charge in [0, 0.05) is 17.1 Å². The SMILES string of the molecule is CC(C)(C)Cc1ccc(-c2cccc3[nH]ccc23)cc1. The number of fused-ring (bicyclic) bond motifs is 1. The van der Waals surface area contributed by atoms with Gasteiger partial charge in [0.15, 0.2) is 0 Å². The van der Waals surface area contributed by atoms with Gasteiger partial charge in [-0.1, -0.05) is 57.2 Å². The number of H-pyrrole nitrogens is 1. The molecule has 0 fully saturated rings. The Kier molecular flexibility index (Phi) is 3.13. The van der Waals surface area contributed by atoms with E-state index in [9.17, 15) is 0 Å². The predicted octanol–water partition coefficient (Wildman–Crippen LogP) is 5.42. The average Bonchev–Trinajstić information content (AvgIpc) is 2.86. The Labute approximate surface area is 120 Å². The van der Waals surface area contributed by atoms with Gasteiger partial charge < -0.3 is 4.98 Å². The number of hydrogen-bond acceptors (Lipinski definition) is 0. The molecule has 0 spiro atoms. The number of benzene rings is 2. The van der Waals surface area contributed by atoms with Crippen molar-refractivity contribution in [1.29, 1.82) is 0 Å². The van der Waals surface area contributed by atoms with Crippen LogP contribution in [-0.4, -0.2) is 4.98 Å². The zero-order valence-electron chi connectivity index (χ0n) is 12.4. The molecule has 1 heterocycles. The van der Waals surface area contributed by atoms with Crippen molar-refractivity contribution in [3.8, 4) is 11.1 Å². The van der Waals surface area contributed by atoms with E-state index in [1.165, 1.54) is 27.6 Å². The predicted molar refractivity (Wildman–Crippen MR) is 86.9 cm³/mol. The fourth-order valence-electron chi connectivity index (χ4n) is 2.75. The molecule has 20 heavy (non-hydrogen) atoms. The molecule has 2 aromatic carbocycles. The lowest BCUT2D eigenvalue weighted by Crippen LogP contribution is -2.08. The summed E-state index contributed by atoms with van der Waals surface area (Å²) in [5.74, 6) is 0. The quantitative estimate of drug-likeness (QED) is 0.635. The molecular weight excluding hydrogens is 242 g/mol. The minimum absolute atomic E-state index is 0.335. The normalized spacial score (nSPS) is 11.9. The van der Waals surface area contributed by atoms with E-state index in [1.807, 2.05) is 6.20 Å². The third-order valence-electron chi connectivity index (χ3n) is 3.59. The van der Waals surface area contributed by atoms with Crippen molar-refractivity contribution in [2.75, 3.05) is 0 Å². The molecule has 0 saturated carbocycles. The van der Waals surface area contributed by atoms with E-state index < -0.39 is 0 Å². The highest BCUT2D eigenvalue weighted by Crippen LogP contribution is 2.29. The second kappa shape index (κ2) is 4.82. The molecule has 0 aliphatic rings. The van der Waals surface area contributed by atoms with E-state index in [0.717, 1.165) is 6.42 Å². The summed E-state index contributed by atoms with van der Waals surface area (Å²) >= 11 is 0. The minimum atomic E-state index is 0.335. The number of hydrogen-bond donors (Lipinski definition) is 1. The van der Waals surface area contributed by atoms with E-state index >= 15 is 0 Å². The Hall–Kier alpha value is -2.02. The summed E-state index contributed by atoms with van der Waals surface area (Å²) in [7, 11) is 0. The number of aromatic nitrogens is 1. The van der Waals surface area contributed by atoms with Crippen molar-refractivity contribution in [2.24, 2.45) is 5.41 Å². The molecule has 0 radical (unpaired) electrons. The van der Waals surface area contributed by atoms with Crippen LogP contribution in [0.5, 0.6) is 0 Å². The van der Waals surface area contributed by atoms with Crippen LogP contribution in [0.3, 0.4) is 0 Å². The van der Waals surface area contributed by atoms with Gasteiger partial charge in [0.1, 0.15) is 0 Å². The highest BCUT2D eigenvalue weighted by Gasteiger charge is 2.11. The van der Waals surface area contributed by atoms with Crippen LogP contribution in [0.2, 0.25) is 0 Å². The van der Waals surface area contributed by atoms with Gasteiger partial charge in [0.25, 0.3) is 0 Å². The van der Waals surface area contributed by atoms with Crippen molar-refractivity contribution in [1.82, 2.24) is 4.98 Å². The second-order valence-electron chi connectivity index (χ2n) is 6.68. The van der Waals surface area contributed by atoms with Gasteiger partial charge in [-0.05, 0) is 40.7 Å². The van der Waals surface area contributed by atoms with Gasteiger partial charge in [-0.25, -0.2) is 0 Å². The maximum Gasteiger partial charge on any atom is 0.0460 e. The van der Waals surface area contributed by atoms with Crippen molar-refractivity contribution < 1.29 is 0 Å². The Bertz CT molecular complexity index is 711. The fourth-order valence-corrected chi connectivity index (χ4v) is 2.75. The maximum absolute atomic E-state index is 3.27. The van der Waals surface area contributed by atoms with Crippen molar-refractivity contribution >= 4 is 10.9 Å². The van der Waals surface area contributed by atoms with E-state index in [2.05, 4.69) is 74.3 Å². The Morgan fingerprint density at radius 2 is 1.65 bits per heavy atom. The molecule has 0 atom stereocenters. The molecule has 102 valence electrons. The fraction of sp³-hybridized carbons (Fsp3) is 0.263. The van der Waals surface area contributed by atoms with Crippen molar-refractivity contribution in [3.63, 3.8) is 0 Å². The molecular formula is C19H21N. The molecule has 0 saturated heterocycles. The monoisotopic (exact) mass is 263 g/mol. The topological polar surface area (TPSA) is 15.8 Å². The highest BCUT2D eigenvalue weighted by molar-refractivity contribution is 5.95. The van der Waals surface area contributed by atoms with Gasteiger partial charge in [0.05, 0.1) is 0 Å². The first-order chi connectivity index (χ1) is 9.53. The first-order valence-electron chi connectivity index (χ1n) is 7.18. The van der Waals surface area contributed by atoms with Gasteiger partial charge in [-0.15, -0.1) is 0 Å². The lowest BCUT2D eigenvalue weighted by Gasteiger charge is -2.18. The Balaban J connectivity index is 1.97. The molecule has 0 amide bonds. The Morgan fingerprint density at radius 3 is 2.35 bits per heavy atom. The van der Waals surface area contributed by atoms with Gasteiger partial charge >= 0.3 is 0 Å². The zero-order chi connectivity index (χ0) is 14.2. The molecule has 1 aromatic heterocycles. The third-order valence-corrected chi connectivity index (χ3v) is 3.59. The van der Waals surface area contributed by atoms with Gasteiger partial charge in [0.2, 0.25) is 0 Å². The van der Waals surface area contributed by atoms with Crippen LogP contribution in [0.25, 0.3) is 22.0 Å². The van der Waals surface area contributed by atoms with Gasteiger partial charge in [-0.3, -0.25) is 0 Å². The molecule has 0 bridgehead atoms. The van der Waals surface area contributed by atoms with Crippen molar-refractivity contribution in [3.05, 3.63) is 60.3 Å². The summed E-state index contributed by atoms with van der Waals surface area (Å²) in [6.07, 6.45) is 3.11. The van der Waals surface area contributed by atoms with E-state index in [4.69, 9.17) is 0 Å². The summed E-state index contributed by atoms with van der Waals surface area (Å²) in [6, 6.07) is 17.6. The van der Waals surface area contributed by atoms with Crippen LogP contribution >= 0.6 is 0 Å². The van der Waals surface area contributed by atoms with Crippen molar-refractivity contribution in [2.45, 2.75) is 27.2 Å². The van der Waals surface area contributed by atoms with Crippen LogP contribution in [0.1, 0.15) is 26.3 Å². The summed E-state index contributed by atoms with van der Waals surface area (Å²) in [6.45, 7) is 6.84. The summed E-state index contributed by atoms with van der Waals surface area (Å²) in [5, 5.41) is 1.29. The second-order valence-corrected chi connectivity index (χ2v) is 6.68. The highest BCUT2D eigenvalue weighted by atomic mass is 14.7. The molecule has 3 aromatic rings. The summed E-state index contributed by atoms with van der Waals surface area (Å²) in [4.78, 5) is 3.27. The molecule has 3 rings (SSSR count). The number of nitrogens with one attached hydrogen (secondary N) is 1. The van der Waals surface area contributed by atoms with Crippen LogP contribution in [0.15, 0.2) is 54.7 Å². The summed E-state index contributed by atoms with van der Waals surface area (Å²) < 4.78 is 0. The van der Waals surface area contributed by atoms with Crippen LogP contribution in [0.4, 0.5) is 0 Å². The lowest BCUT2D eigenvalue weighted by atomic mass is 9.87. The first kappa shape index (κ1) is 13.0. The smallest absolute Gasteiger partial charge is 0.0460 e. The zero-order valence-corrected chi connectivity index (χ0v) is 12.4. The van der Waals surface area contributed by atoms with Crippen LogP contribution in [-0.2, 0) is 6.42 Å². The molecule has 0 aliphatic carbocycles. The van der Waals surface area contributed by atoms with Crippen LogP contribution in [0, 0.1) is 5.41 Å². The van der Waals surface area contributed by atoms with Crippen LogP contribution < -0.4 is 0 Å². The average molecular weight is 263 g/mol. The van der Waals surface area contributed by atoms with E-state index in [1.54, 1.807) is 0 Å². The summed E-state index contributed by atoms with van der Waals surface area (Å²) in [5.41, 5.74) is 5.52. The molecule has 1 heteroatoms. The van der Waals surface area contributed by atoms with E-state index in [-0.39, 0.29) is 0 Å². The first-order valence-corrected chi connectivity index (χ1v) is 7.18. The maximum atomic E-state index is 3.27. The minimum Gasteiger partial charge on any atom is -0.361 e. The molecule has 1 N–H and O–H groups in total. The number of rotatable bonds is 2. The standard InChI is InChI=1S/C19H21N/c1-19(2,3)13-14-7-9-15(10-8-14)16-5-4-6-18-17(16)11-12-20-18/h4-12,20H,13H2,1-3H3. The molecule has 1 nitrogen and oxygen atoms in total. The molecule has 0 aliphatic heterocycles. The largest absolute Gasteiger partial charge is 0.361 e. The number of aromatic amines is 1. The van der Waals surface area contributed by atoms with Gasteiger partial charge in [-0.2, -0.15) is 0 Å². The third kappa shape index (κ3) is 2.62. The lowest BCUT2D eigenvalue weighted by molar-refractivity contribution is 0.411. The van der Waals surface area contributed by atoms with E-state index in [0.29, 0.717) is 5.41 Å². The Morgan fingerprint density at radius 1 is 0.900 bits per heavy atom. The molecule has 0 unspecified atom stereocenters.